The Morgan fingerprint density at radius 2 is 2.11 bits per heavy atom. The van der Waals surface area contributed by atoms with Crippen molar-refractivity contribution in [3.8, 4) is 0 Å². The highest BCUT2D eigenvalue weighted by Gasteiger charge is 2.15. The number of halogens is 1. The van der Waals surface area contributed by atoms with Crippen molar-refractivity contribution >= 4 is 22.9 Å². The Balaban J connectivity index is 2.30. The lowest BCUT2D eigenvalue weighted by molar-refractivity contribution is 0.605. The maximum atomic E-state index is 6.05. The molecule has 2 rings (SSSR count). The molecule has 0 aliphatic carbocycles. The number of nitrogens with one attached hydrogen (secondary N) is 1. The van der Waals surface area contributed by atoms with Crippen molar-refractivity contribution in [1.82, 2.24) is 5.32 Å². The van der Waals surface area contributed by atoms with Gasteiger partial charge in [-0.25, -0.2) is 0 Å². The molecule has 1 aromatic carbocycles. The Kier molecular flexibility index (Phi) is 4.81. The summed E-state index contributed by atoms with van der Waals surface area (Å²) in [6.45, 7) is 5.32. The largest absolute Gasteiger partial charge is 0.306 e. The molecule has 1 heterocycles. The highest BCUT2D eigenvalue weighted by molar-refractivity contribution is 7.16. The molecule has 1 aromatic heterocycles. The van der Waals surface area contributed by atoms with Crippen molar-refractivity contribution in [3.63, 3.8) is 0 Å². The summed E-state index contributed by atoms with van der Waals surface area (Å²) in [5.74, 6) is 0. The van der Waals surface area contributed by atoms with E-state index >= 15 is 0 Å². The summed E-state index contributed by atoms with van der Waals surface area (Å²) in [7, 11) is 0. The third-order valence-electron chi connectivity index (χ3n) is 2.85. The van der Waals surface area contributed by atoms with Crippen LogP contribution in [-0.4, -0.2) is 6.54 Å². The molecule has 0 aliphatic heterocycles. The summed E-state index contributed by atoms with van der Waals surface area (Å²) in [4.78, 5) is 1.28. The van der Waals surface area contributed by atoms with Crippen LogP contribution >= 0.6 is 22.9 Å². The van der Waals surface area contributed by atoms with Gasteiger partial charge in [0.05, 0.1) is 10.4 Å². The predicted molar refractivity (Wildman–Crippen MR) is 80.6 cm³/mol. The fourth-order valence-electron chi connectivity index (χ4n) is 2.00. The fraction of sp³-hybridized carbons (Fsp3) is 0.333. The van der Waals surface area contributed by atoms with E-state index in [1.165, 1.54) is 16.0 Å². The molecule has 0 saturated carbocycles. The minimum Gasteiger partial charge on any atom is -0.306 e. The smallest absolute Gasteiger partial charge is 0.0931 e. The van der Waals surface area contributed by atoms with Crippen LogP contribution in [0.15, 0.2) is 36.4 Å². The lowest BCUT2D eigenvalue weighted by Gasteiger charge is -2.18. The average Bonchev–Trinajstić information content (AvgIpc) is 2.76. The molecule has 0 amide bonds. The van der Waals surface area contributed by atoms with Crippen molar-refractivity contribution in [1.29, 1.82) is 0 Å². The second-order valence-electron chi connectivity index (χ2n) is 4.44. The van der Waals surface area contributed by atoms with Gasteiger partial charge >= 0.3 is 0 Å². The molecule has 1 unspecified atom stereocenters. The van der Waals surface area contributed by atoms with Crippen LogP contribution < -0.4 is 5.32 Å². The second kappa shape index (κ2) is 6.37. The Bertz CT molecular complexity index is 507. The van der Waals surface area contributed by atoms with E-state index in [1.54, 1.807) is 11.3 Å². The van der Waals surface area contributed by atoms with Gasteiger partial charge in [0.15, 0.2) is 0 Å². The van der Waals surface area contributed by atoms with Gasteiger partial charge in [0.1, 0.15) is 0 Å². The van der Waals surface area contributed by atoms with E-state index < -0.39 is 0 Å². The number of thiophene rings is 1. The molecule has 96 valence electrons. The van der Waals surface area contributed by atoms with Crippen molar-refractivity contribution in [2.45, 2.75) is 26.3 Å². The first-order chi connectivity index (χ1) is 8.70. The van der Waals surface area contributed by atoms with E-state index in [4.69, 9.17) is 11.6 Å². The van der Waals surface area contributed by atoms with Crippen LogP contribution in [-0.2, 0) is 0 Å². The summed E-state index contributed by atoms with van der Waals surface area (Å²) in [6.07, 6.45) is 1.13. The molecule has 0 aliphatic rings. The zero-order chi connectivity index (χ0) is 13.0. The van der Waals surface area contributed by atoms with E-state index in [9.17, 15) is 0 Å². The van der Waals surface area contributed by atoms with E-state index in [0.29, 0.717) is 0 Å². The van der Waals surface area contributed by atoms with Crippen LogP contribution in [0.1, 0.15) is 35.4 Å². The van der Waals surface area contributed by atoms with Crippen molar-refractivity contribution in [3.05, 3.63) is 56.7 Å². The first-order valence-electron chi connectivity index (χ1n) is 6.26. The molecule has 2 aromatic rings. The van der Waals surface area contributed by atoms with Gasteiger partial charge in [0, 0.05) is 4.88 Å². The van der Waals surface area contributed by atoms with Crippen LogP contribution in [0.3, 0.4) is 0 Å². The monoisotopic (exact) mass is 279 g/mol. The zero-order valence-electron chi connectivity index (χ0n) is 10.7. The van der Waals surface area contributed by atoms with Gasteiger partial charge in [0.25, 0.3) is 0 Å². The Hall–Kier alpha value is -0.830. The summed E-state index contributed by atoms with van der Waals surface area (Å²) in [5.41, 5.74) is 2.60. The number of benzene rings is 1. The van der Waals surface area contributed by atoms with E-state index in [0.717, 1.165) is 17.3 Å². The SMILES string of the molecule is CCCNC(c1cccc(C)c1)c1ccc(Cl)s1. The molecule has 0 saturated heterocycles. The standard InChI is InChI=1S/C15H18ClNS/c1-3-9-17-15(13-7-8-14(16)18-13)12-6-4-5-11(2)10-12/h4-8,10,15,17H,3,9H2,1-2H3. The summed E-state index contributed by atoms with van der Waals surface area (Å²) < 4.78 is 0.848. The van der Waals surface area contributed by atoms with Gasteiger partial charge in [-0.2, -0.15) is 0 Å². The molecule has 0 fully saturated rings. The number of rotatable bonds is 5. The first kappa shape index (κ1) is 13.6. The molecular formula is C15H18ClNS. The maximum absolute atomic E-state index is 6.05. The lowest BCUT2D eigenvalue weighted by atomic mass is 10.0. The molecule has 1 nitrogen and oxygen atoms in total. The minimum atomic E-state index is 0.252. The third-order valence-corrected chi connectivity index (χ3v) is 4.15. The Labute approximate surface area is 118 Å². The highest BCUT2D eigenvalue weighted by atomic mass is 35.5. The predicted octanol–water partition coefficient (Wildman–Crippen LogP) is 4.80. The van der Waals surface area contributed by atoms with Crippen LogP contribution in [0.25, 0.3) is 0 Å². The van der Waals surface area contributed by atoms with Crippen LogP contribution in [0.4, 0.5) is 0 Å². The Morgan fingerprint density at radius 3 is 2.72 bits per heavy atom. The van der Waals surface area contributed by atoms with Gasteiger partial charge in [-0.1, -0.05) is 48.4 Å². The van der Waals surface area contributed by atoms with Gasteiger partial charge in [0.2, 0.25) is 0 Å². The van der Waals surface area contributed by atoms with Crippen molar-refractivity contribution in [2.75, 3.05) is 6.54 Å². The van der Waals surface area contributed by atoms with Crippen LogP contribution in [0.5, 0.6) is 0 Å². The lowest BCUT2D eigenvalue weighted by Crippen LogP contribution is -2.22. The molecule has 0 bridgehead atoms. The average molecular weight is 280 g/mol. The first-order valence-corrected chi connectivity index (χ1v) is 7.45. The van der Waals surface area contributed by atoms with E-state index in [1.807, 2.05) is 6.07 Å². The molecule has 1 atom stereocenters. The normalized spacial score (nSPS) is 12.6. The van der Waals surface area contributed by atoms with Gasteiger partial charge in [-0.3, -0.25) is 0 Å². The molecule has 18 heavy (non-hydrogen) atoms. The van der Waals surface area contributed by atoms with Crippen molar-refractivity contribution in [2.24, 2.45) is 0 Å². The summed E-state index contributed by atoms with van der Waals surface area (Å²) in [6, 6.07) is 13.0. The fourth-order valence-corrected chi connectivity index (χ4v) is 3.17. The molecule has 3 heteroatoms. The highest BCUT2D eigenvalue weighted by Crippen LogP contribution is 2.31. The third kappa shape index (κ3) is 3.35. The number of hydrogen-bond donors (Lipinski definition) is 1. The topological polar surface area (TPSA) is 12.0 Å². The Morgan fingerprint density at radius 1 is 1.28 bits per heavy atom. The molecule has 0 radical (unpaired) electrons. The zero-order valence-corrected chi connectivity index (χ0v) is 12.3. The molecule has 1 N–H and O–H groups in total. The van der Waals surface area contributed by atoms with Gasteiger partial charge < -0.3 is 5.32 Å². The second-order valence-corrected chi connectivity index (χ2v) is 6.19. The minimum absolute atomic E-state index is 0.252. The number of hydrogen-bond acceptors (Lipinski definition) is 2. The van der Waals surface area contributed by atoms with Crippen LogP contribution in [0.2, 0.25) is 4.34 Å². The summed E-state index contributed by atoms with van der Waals surface area (Å²) >= 11 is 7.70. The van der Waals surface area contributed by atoms with Crippen molar-refractivity contribution < 1.29 is 0 Å². The maximum Gasteiger partial charge on any atom is 0.0931 e. The van der Waals surface area contributed by atoms with E-state index in [2.05, 4.69) is 49.5 Å². The van der Waals surface area contributed by atoms with E-state index in [-0.39, 0.29) is 6.04 Å². The quantitative estimate of drug-likeness (QED) is 0.829. The number of aryl methyl sites for hydroxylation is 1. The van der Waals surface area contributed by atoms with Gasteiger partial charge in [-0.05, 0) is 37.6 Å². The molecular weight excluding hydrogens is 262 g/mol. The molecule has 0 spiro atoms. The van der Waals surface area contributed by atoms with Crippen LogP contribution in [0, 0.1) is 6.92 Å². The summed E-state index contributed by atoms with van der Waals surface area (Å²) in [5, 5.41) is 3.59. The van der Waals surface area contributed by atoms with Gasteiger partial charge in [-0.15, -0.1) is 11.3 Å².